The minimum Gasteiger partial charge on any atom is -0.496 e. The Balaban J connectivity index is 2.21. The Morgan fingerprint density at radius 1 is 1.45 bits per heavy atom. The van der Waals surface area contributed by atoms with Crippen LogP contribution in [-0.2, 0) is 16.6 Å². The molecule has 0 aliphatic heterocycles. The van der Waals surface area contributed by atoms with Gasteiger partial charge in [0.2, 0.25) is 10.0 Å². The number of benzene rings is 1. The molecule has 0 radical (unpaired) electrons. The van der Waals surface area contributed by atoms with Crippen molar-refractivity contribution in [3.8, 4) is 5.75 Å². The maximum atomic E-state index is 12.1. The Labute approximate surface area is 126 Å². The molecule has 0 saturated heterocycles. The summed E-state index contributed by atoms with van der Waals surface area (Å²) in [7, 11) is -2.10. The van der Waals surface area contributed by atoms with Gasteiger partial charge in [-0.15, -0.1) is 11.3 Å². The first kappa shape index (κ1) is 15.1. The molecule has 8 heteroatoms. The minimum absolute atomic E-state index is 0.0446. The number of nitrogen functional groups attached to an aromatic ring is 1. The van der Waals surface area contributed by atoms with Gasteiger partial charge in [-0.3, -0.25) is 0 Å². The van der Waals surface area contributed by atoms with Crippen molar-refractivity contribution in [1.82, 2.24) is 4.72 Å². The molecular formula is C12H13ClN2O3S2. The number of nitrogens with two attached hydrogens (primary N) is 1. The summed E-state index contributed by atoms with van der Waals surface area (Å²) in [5.74, 6) is 0.533. The van der Waals surface area contributed by atoms with Gasteiger partial charge < -0.3 is 10.5 Å². The molecule has 20 heavy (non-hydrogen) atoms. The summed E-state index contributed by atoms with van der Waals surface area (Å²) in [6, 6.07) is 6.55. The van der Waals surface area contributed by atoms with E-state index in [1.54, 1.807) is 23.6 Å². The van der Waals surface area contributed by atoms with Crippen LogP contribution in [0.1, 0.15) is 5.56 Å². The fraction of sp³-hybridized carbons (Fsp3) is 0.167. The average Bonchev–Trinajstić information content (AvgIpc) is 2.84. The molecule has 3 N–H and O–H groups in total. The van der Waals surface area contributed by atoms with E-state index in [0.717, 1.165) is 11.3 Å². The fourth-order valence-electron chi connectivity index (χ4n) is 1.61. The number of methoxy groups -OCH3 is 1. The molecule has 1 aromatic carbocycles. The van der Waals surface area contributed by atoms with E-state index >= 15 is 0 Å². The van der Waals surface area contributed by atoms with E-state index in [1.165, 1.54) is 13.2 Å². The van der Waals surface area contributed by atoms with Gasteiger partial charge in [-0.2, -0.15) is 0 Å². The van der Waals surface area contributed by atoms with Crippen molar-refractivity contribution in [2.45, 2.75) is 10.8 Å². The van der Waals surface area contributed by atoms with Crippen molar-refractivity contribution in [1.29, 1.82) is 0 Å². The SMILES string of the molecule is COc1cccc(Cl)c1CNS(=O)(=O)c1cc(N)cs1. The van der Waals surface area contributed by atoms with E-state index in [9.17, 15) is 8.42 Å². The molecule has 1 heterocycles. The Kier molecular flexibility index (Phi) is 4.54. The largest absolute Gasteiger partial charge is 0.496 e. The average molecular weight is 333 g/mol. The lowest BCUT2D eigenvalue weighted by molar-refractivity contribution is 0.409. The van der Waals surface area contributed by atoms with Crippen LogP contribution in [0.2, 0.25) is 5.02 Å². The molecule has 0 aliphatic rings. The van der Waals surface area contributed by atoms with E-state index < -0.39 is 10.0 Å². The van der Waals surface area contributed by atoms with Crippen molar-refractivity contribution >= 4 is 38.6 Å². The summed E-state index contributed by atoms with van der Waals surface area (Å²) in [5.41, 5.74) is 6.54. The number of hydrogen-bond acceptors (Lipinski definition) is 5. The van der Waals surface area contributed by atoms with Gasteiger partial charge in [0.1, 0.15) is 9.96 Å². The molecule has 5 nitrogen and oxygen atoms in total. The van der Waals surface area contributed by atoms with Gasteiger partial charge >= 0.3 is 0 Å². The molecule has 0 saturated carbocycles. The third kappa shape index (κ3) is 3.24. The molecule has 0 spiro atoms. The topological polar surface area (TPSA) is 81.4 Å². The first-order valence-electron chi connectivity index (χ1n) is 5.59. The monoisotopic (exact) mass is 332 g/mol. The van der Waals surface area contributed by atoms with Crippen LogP contribution < -0.4 is 15.2 Å². The first-order chi connectivity index (χ1) is 9.44. The van der Waals surface area contributed by atoms with Crippen molar-refractivity contribution < 1.29 is 13.2 Å². The van der Waals surface area contributed by atoms with Crippen LogP contribution in [-0.4, -0.2) is 15.5 Å². The van der Waals surface area contributed by atoms with Gasteiger partial charge in [0.15, 0.2) is 0 Å². The predicted octanol–water partition coefficient (Wildman–Crippen LogP) is 2.47. The zero-order valence-electron chi connectivity index (χ0n) is 10.6. The molecular weight excluding hydrogens is 320 g/mol. The van der Waals surface area contributed by atoms with E-state index in [2.05, 4.69) is 4.72 Å². The van der Waals surface area contributed by atoms with Crippen molar-refractivity contribution in [3.63, 3.8) is 0 Å². The molecule has 0 fully saturated rings. The van der Waals surface area contributed by atoms with E-state index in [0.29, 0.717) is 22.0 Å². The Bertz CT molecular complexity index is 713. The van der Waals surface area contributed by atoms with Crippen molar-refractivity contribution in [3.05, 3.63) is 40.2 Å². The third-order valence-electron chi connectivity index (χ3n) is 2.60. The van der Waals surface area contributed by atoms with Crippen LogP contribution in [0.3, 0.4) is 0 Å². The number of thiophene rings is 1. The molecule has 0 bridgehead atoms. The summed E-state index contributed by atoms with van der Waals surface area (Å²) in [6.45, 7) is 0.0446. The van der Waals surface area contributed by atoms with Crippen LogP contribution in [0.5, 0.6) is 5.75 Å². The second-order valence-electron chi connectivity index (χ2n) is 3.94. The highest BCUT2D eigenvalue weighted by molar-refractivity contribution is 7.91. The maximum Gasteiger partial charge on any atom is 0.250 e. The fourth-order valence-corrected chi connectivity index (χ4v) is 3.96. The van der Waals surface area contributed by atoms with Crippen molar-refractivity contribution in [2.75, 3.05) is 12.8 Å². The number of nitrogens with one attached hydrogen (secondary N) is 1. The van der Waals surface area contributed by atoms with Gasteiger partial charge in [0.25, 0.3) is 0 Å². The van der Waals surface area contributed by atoms with Crippen LogP contribution in [0.4, 0.5) is 5.69 Å². The van der Waals surface area contributed by atoms with Crippen LogP contribution >= 0.6 is 22.9 Å². The molecule has 0 amide bonds. The molecule has 1 aromatic heterocycles. The van der Waals surface area contributed by atoms with Gasteiger partial charge in [0, 0.05) is 28.2 Å². The summed E-state index contributed by atoms with van der Waals surface area (Å²) in [6.07, 6.45) is 0. The Hall–Kier alpha value is -1.28. The number of halogens is 1. The summed E-state index contributed by atoms with van der Waals surface area (Å²) in [5, 5.41) is 2.02. The summed E-state index contributed by atoms with van der Waals surface area (Å²) < 4.78 is 32.0. The highest BCUT2D eigenvalue weighted by Gasteiger charge is 2.18. The predicted molar refractivity (Wildman–Crippen MR) is 80.8 cm³/mol. The van der Waals surface area contributed by atoms with Gasteiger partial charge in [-0.1, -0.05) is 17.7 Å². The second-order valence-corrected chi connectivity index (χ2v) is 7.26. The molecule has 2 aromatic rings. The Morgan fingerprint density at radius 2 is 2.20 bits per heavy atom. The lowest BCUT2D eigenvalue weighted by atomic mass is 10.2. The van der Waals surface area contributed by atoms with Crippen LogP contribution in [0.15, 0.2) is 33.9 Å². The van der Waals surface area contributed by atoms with Gasteiger partial charge in [-0.25, -0.2) is 13.1 Å². The van der Waals surface area contributed by atoms with E-state index in [4.69, 9.17) is 22.1 Å². The zero-order chi connectivity index (χ0) is 14.8. The number of anilines is 1. The smallest absolute Gasteiger partial charge is 0.250 e. The van der Waals surface area contributed by atoms with Gasteiger partial charge in [-0.05, 0) is 18.2 Å². The normalized spacial score (nSPS) is 11.5. The standard InChI is InChI=1S/C12H13ClN2O3S2/c1-18-11-4-2-3-10(13)9(11)6-15-20(16,17)12-5-8(14)7-19-12/h2-5,7,15H,6,14H2,1H3. The lowest BCUT2D eigenvalue weighted by Crippen LogP contribution is -2.22. The van der Waals surface area contributed by atoms with Crippen molar-refractivity contribution in [2.24, 2.45) is 0 Å². The maximum absolute atomic E-state index is 12.1. The first-order valence-corrected chi connectivity index (χ1v) is 8.33. The third-order valence-corrected chi connectivity index (χ3v) is 5.81. The molecule has 2 rings (SSSR count). The highest BCUT2D eigenvalue weighted by Crippen LogP contribution is 2.27. The molecule has 0 aliphatic carbocycles. The molecule has 0 atom stereocenters. The number of rotatable bonds is 5. The number of ether oxygens (including phenoxy) is 1. The lowest BCUT2D eigenvalue weighted by Gasteiger charge is -2.11. The number of hydrogen-bond donors (Lipinski definition) is 2. The zero-order valence-corrected chi connectivity index (χ0v) is 13.0. The second kappa shape index (κ2) is 6.01. The minimum atomic E-state index is -3.61. The van der Waals surface area contributed by atoms with E-state index in [1.807, 2.05) is 0 Å². The van der Waals surface area contributed by atoms with Crippen LogP contribution in [0.25, 0.3) is 0 Å². The number of sulfonamides is 1. The summed E-state index contributed by atoms with van der Waals surface area (Å²) in [4.78, 5) is 0. The van der Waals surface area contributed by atoms with E-state index in [-0.39, 0.29) is 10.8 Å². The quantitative estimate of drug-likeness (QED) is 0.881. The van der Waals surface area contributed by atoms with Crippen LogP contribution in [0, 0.1) is 0 Å². The molecule has 108 valence electrons. The highest BCUT2D eigenvalue weighted by atomic mass is 35.5. The van der Waals surface area contributed by atoms with Gasteiger partial charge in [0.05, 0.1) is 7.11 Å². The molecule has 0 unspecified atom stereocenters. The summed E-state index contributed by atoms with van der Waals surface area (Å²) >= 11 is 7.12. The Morgan fingerprint density at radius 3 is 2.80 bits per heavy atom.